The number of imidazole rings is 1. The molecule has 10 heteroatoms. The predicted molar refractivity (Wildman–Crippen MR) is 155 cm³/mol. The van der Waals surface area contributed by atoms with Gasteiger partial charge in [-0.2, -0.15) is 0 Å². The number of likely N-dealkylation sites (tertiary alicyclic amines) is 1. The zero-order valence-electron chi connectivity index (χ0n) is 22.7. The lowest BCUT2D eigenvalue weighted by molar-refractivity contribution is -0.127. The maximum absolute atomic E-state index is 12.6. The molecule has 0 saturated carbocycles. The first-order chi connectivity index (χ1) is 20.0. The van der Waals surface area contributed by atoms with Gasteiger partial charge in [-0.25, -0.2) is 4.98 Å². The van der Waals surface area contributed by atoms with Crippen molar-refractivity contribution in [2.75, 3.05) is 25.0 Å². The fourth-order valence-corrected chi connectivity index (χ4v) is 4.93. The molecule has 1 aliphatic heterocycles. The number of nitrogens with zero attached hydrogens (tertiary/aromatic N) is 4. The minimum atomic E-state index is -0.282. The number of ether oxygens (including phenoxy) is 1. The topological polar surface area (TPSA) is 115 Å². The van der Waals surface area contributed by atoms with E-state index in [0.29, 0.717) is 43.4 Å². The van der Waals surface area contributed by atoms with Crippen LogP contribution < -0.4 is 15.4 Å². The van der Waals surface area contributed by atoms with Crippen LogP contribution >= 0.6 is 0 Å². The zero-order chi connectivity index (χ0) is 28.2. The molecule has 1 saturated heterocycles. The molecule has 0 unspecified atom stereocenters. The second kappa shape index (κ2) is 11.5. The third-order valence-corrected chi connectivity index (χ3v) is 7.09. The van der Waals surface area contributed by atoms with E-state index < -0.39 is 0 Å². The van der Waals surface area contributed by atoms with E-state index in [0.717, 1.165) is 40.8 Å². The summed E-state index contributed by atoms with van der Waals surface area (Å²) in [5, 5.41) is 6.27. The van der Waals surface area contributed by atoms with E-state index in [1.165, 1.54) is 0 Å². The number of nitrogens with one attached hydrogen (secondary N) is 2. The highest BCUT2D eigenvalue weighted by Crippen LogP contribution is 2.29. The molecule has 4 heterocycles. The number of benzene rings is 2. The van der Waals surface area contributed by atoms with Gasteiger partial charge in [0.2, 0.25) is 11.9 Å². The lowest BCUT2D eigenvalue weighted by Crippen LogP contribution is -2.30. The molecule has 208 valence electrons. The fourth-order valence-electron chi connectivity index (χ4n) is 4.93. The molecular formula is C31H30N6O4. The lowest BCUT2D eigenvalue weighted by atomic mass is 10.1. The van der Waals surface area contributed by atoms with E-state index in [4.69, 9.17) is 14.1 Å². The number of carbonyl (C=O) groups is 2. The highest BCUT2D eigenvalue weighted by Gasteiger charge is 2.19. The summed E-state index contributed by atoms with van der Waals surface area (Å²) < 4.78 is 13.3. The third kappa shape index (κ3) is 5.91. The number of aromatic nitrogens is 3. The predicted octanol–water partition coefficient (Wildman–Crippen LogP) is 5.51. The molecule has 3 aromatic heterocycles. The summed E-state index contributed by atoms with van der Waals surface area (Å²) in [5.41, 5.74) is 4.93. The van der Waals surface area contributed by atoms with Crippen molar-refractivity contribution in [3.8, 4) is 22.6 Å². The SMILES string of the molecule is Cn1c(Nc2cccc(-c3ccoc3)c2)nc2cc(Oc3ccnc(C(=O)NCCCN4CCCC4=O)c3)ccc21. The summed E-state index contributed by atoms with van der Waals surface area (Å²) in [4.78, 5) is 35.2. The number of amides is 2. The van der Waals surface area contributed by atoms with Gasteiger partial charge in [0.15, 0.2) is 0 Å². The summed E-state index contributed by atoms with van der Waals surface area (Å²) in [6.45, 7) is 1.92. The smallest absolute Gasteiger partial charge is 0.270 e. The summed E-state index contributed by atoms with van der Waals surface area (Å²) in [6.07, 6.45) is 7.15. The summed E-state index contributed by atoms with van der Waals surface area (Å²) >= 11 is 0. The van der Waals surface area contributed by atoms with Gasteiger partial charge in [-0.1, -0.05) is 12.1 Å². The van der Waals surface area contributed by atoms with Gasteiger partial charge < -0.3 is 29.3 Å². The van der Waals surface area contributed by atoms with Crippen LogP contribution in [-0.2, 0) is 11.8 Å². The first-order valence-corrected chi connectivity index (χ1v) is 13.6. The van der Waals surface area contributed by atoms with Crippen molar-refractivity contribution in [3.05, 3.63) is 85.1 Å². The van der Waals surface area contributed by atoms with Crippen molar-refractivity contribution < 1.29 is 18.7 Å². The molecule has 0 spiro atoms. The molecule has 6 rings (SSSR count). The Morgan fingerprint density at radius 3 is 2.80 bits per heavy atom. The van der Waals surface area contributed by atoms with Gasteiger partial charge in [0.05, 0.1) is 23.6 Å². The van der Waals surface area contributed by atoms with E-state index >= 15 is 0 Å². The van der Waals surface area contributed by atoms with Gasteiger partial charge in [-0.15, -0.1) is 0 Å². The van der Waals surface area contributed by atoms with Gasteiger partial charge in [-0.05, 0) is 54.8 Å². The molecule has 0 aliphatic carbocycles. The Labute approximate surface area is 237 Å². The van der Waals surface area contributed by atoms with Gasteiger partial charge in [0, 0.05) is 62.7 Å². The summed E-state index contributed by atoms with van der Waals surface area (Å²) in [6, 6.07) is 19.0. The van der Waals surface area contributed by atoms with E-state index in [2.05, 4.69) is 15.6 Å². The molecule has 2 N–H and O–H groups in total. The average Bonchev–Trinajstić information content (AvgIpc) is 3.73. The van der Waals surface area contributed by atoms with Crippen molar-refractivity contribution in [2.45, 2.75) is 19.3 Å². The number of pyridine rings is 1. The largest absolute Gasteiger partial charge is 0.472 e. The maximum atomic E-state index is 12.6. The van der Waals surface area contributed by atoms with Crippen LogP contribution in [0, 0.1) is 0 Å². The molecule has 0 atom stereocenters. The van der Waals surface area contributed by atoms with Crippen LogP contribution in [-0.4, -0.2) is 50.9 Å². The van der Waals surface area contributed by atoms with Crippen LogP contribution in [0.2, 0.25) is 0 Å². The van der Waals surface area contributed by atoms with Gasteiger partial charge >= 0.3 is 0 Å². The van der Waals surface area contributed by atoms with Crippen LogP contribution in [0.5, 0.6) is 11.5 Å². The van der Waals surface area contributed by atoms with Crippen LogP contribution in [0.25, 0.3) is 22.2 Å². The number of anilines is 2. The Bertz CT molecular complexity index is 1690. The van der Waals surface area contributed by atoms with E-state index in [1.807, 2.05) is 65.0 Å². The fraction of sp³-hybridized carbons (Fsp3) is 0.226. The van der Waals surface area contributed by atoms with E-state index in [1.54, 1.807) is 30.9 Å². The molecule has 10 nitrogen and oxygen atoms in total. The summed E-state index contributed by atoms with van der Waals surface area (Å²) in [7, 11) is 1.95. The Morgan fingerprint density at radius 1 is 1.07 bits per heavy atom. The highest BCUT2D eigenvalue weighted by molar-refractivity contribution is 5.92. The molecule has 1 fully saturated rings. The number of hydrogen-bond acceptors (Lipinski definition) is 7. The van der Waals surface area contributed by atoms with Gasteiger partial charge in [-0.3, -0.25) is 14.6 Å². The number of hydrogen-bond donors (Lipinski definition) is 2. The quantitative estimate of drug-likeness (QED) is 0.221. The van der Waals surface area contributed by atoms with Crippen LogP contribution in [0.15, 0.2) is 83.8 Å². The molecule has 2 amide bonds. The second-order valence-electron chi connectivity index (χ2n) is 9.94. The van der Waals surface area contributed by atoms with Crippen molar-refractivity contribution >= 4 is 34.5 Å². The Hall–Kier alpha value is -5.12. The Kier molecular flexibility index (Phi) is 7.36. The first-order valence-electron chi connectivity index (χ1n) is 13.6. The molecule has 2 aromatic carbocycles. The highest BCUT2D eigenvalue weighted by atomic mass is 16.5. The number of rotatable bonds is 10. The molecule has 5 aromatic rings. The van der Waals surface area contributed by atoms with Gasteiger partial charge in [0.1, 0.15) is 17.2 Å². The number of furan rings is 1. The monoisotopic (exact) mass is 550 g/mol. The van der Waals surface area contributed by atoms with Crippen molar-refractivity contribution in [3.63, 3.8) is 0 Å². The molecule has 41 heavy (non-hydrogen) atoms. The van der Waals surface area contributed by atoms with Crippen LogP contribution in [0.3, 0.4) is 0 Å². The van der Waals surface area contributed by atoms with Crippen molar-refractivity contribution in [2.24, 2.45) is 7.05 Å². The zero-order valence-corrected chi connectivity index (χ0v) is 22.7. The van der Waals surface area contributed by atoms with Crippen molar-refractivity contribution in [1.29, 1.82) is 0 Å². The lowest BCUT2D eigenvalue weighted by Gasteiger charge is -2.15. The van der Waals surface area contributed by atoms with Gasteiger partial charge in [0.25, 0.3) is 5.91 Å². The number of carbonyl (C=O) groups excluding carboxylic acids is 2. The van der Waals surface area contributed by atoms with E-state index in [-0.39, 0.29) is 17.5 Å². The number of fused-ring (bicyclic) bond motifs is 1. The Morgan fingerprint density at radius 2 is 1.98 bits per heavy atom. The number of aryl methyl sites for hydroxylation is 1. The maximum Gasteiger partial charge on any atom is 0.270 e. The van der Waals surface area contributed by atoms with E-state index in [9.17, 15) is 9.59 Å². The van der Waals surface area contributed by atoms with Crippen molar-refractivity contribution in [1.82, 2.24) is 24.8 Å². The molecule has 0 bridgehead atoms. The Balaban J connectivity index is 1.10. The second-order valence-corrected chi connectivity index (χ2v) is 9.94. The molecule has 1 aliphatic rings. The minimum absolute atomic E-state index is 0.190. The summed E-state index contributed by atoms with van der Waals surface area (Å²) in [5.74, 6) is 1.69. The average molecular weight is 551 g/mol. The minimum Gasteiger partial charge on any atom is -0.472 e. The molecule has 0 radical (unpaired) electrons. The molecular weight excluding hydrogens is 520 g/mol. The van der Waals surface area contributed by atoms with Crippen LogP contribution in [0.1, 0.15) is 29.8 Å². The standard InChI is InChI=1S/C31H30N6O4/c1-36-28-9-8-24(18-26(28)35-31(36)34-23-6-2-5-21(17-23)22-11-16-40-20-22)41-25-10-13-32-27(19-25)30(39)33-12-4-15-37-14-3-7-29(37)38/h2,5-6,8-11,13,16-20H,3-4,7,12,14-15H2,1H3,(H,33,39)(H,34,35). The first kappa shape index (κ1) is 26.1. The third-order valence-electron chi connectivity index (χ3n) is 7.09. The normalized spacial score (nSPS) is 13.1. The van der Waals surface area contributed by atoms with Crippen LogP contribution in [0.4, 0.5) is 11.6 Å².